The van der Waals surface area contributed by atoms with E-state index >= 15 is 0 Å². The zero-order valence-electron chi connectivity index (χ0n) is 9.25. The number of benzene rings is 1. The van der Waals surface area contributed by atoms with E-state index in [2.05, 4.69) is 15.9 Å². The Kier molecular flexibility index (Phi) is 4.56. The molecule has 0 atom stereocenters. The number of nitrogens with two attached hydrogens (primary N) is 1. The molecule has 0 bridgehead atoms. The second-order valence-electron chi connectivity index (χ2n) is 3.56. The maximum atomic E-state index is 6.05. The Morgan fingerprint density at radius 3 is 2.78 bits per heavy atom. The van der Waals surface area contributed by atoms with E-state index in [1.54, 1.807) is 18.4 Å². The first-order chi connectivity index (χ1) is 8.61. The molecule has 18 heavy (non-hydrogen) atoms. The molecule has 0 saturated heterocycles. The third kappa shape index (κ3) is 3.01. The molecule has 0 fully saturated rings. The van der Waals surface area contributed by atoms with E-state index in [1.165, 1.54) is 0 Å². The summed E-state index contributed by atoms with van der Waals surface area (Å²) in [7, 11) is 0. The van der Waals surface area contributed by atoms with Gasteiger partial charge in [-0.05, 0) is 28.1 Å². The summed E-state index contributed by atoms with van der Waals surface area (Å²) in [5.74, 6) is 1.23. The Hall–Kier alpha value is -0.680. The largest absolute Gasteiger partial charge is 0.487 e. The van der Waals surface area contributed by atoms with Crippen LogP contribution in [0.15, 0.2) is 33.4 Å². The highest BCUT2D eigenvalue weighted by molar-refractivity contribution is 9.10. The van der Waals surface area contributed by atoms with Gasteiger partial charge in [-0.15, -0.1) is 0 Å². The SMILES string of the molecule is NCc1occc1COc1cc(Cl)c(Br)cc1Cl. The molecule has 0 aliphatic rings. The molecule has 0 amide bonds. The zero-order chi connectivity index (χ0) is 13.1. The summed E-state index contributed by atoms with van der Waals surface area (Å²) >= 11 is 15.3. The van der Waals surface area contributed by atoms with Crippen LogP contribution in [-0.4, -0.2) is 0 Å². The van der Waals surface area contributed by atoms with Crippen LogP contribution in [0, 0.1) is 0 Å². The lowest BCUT2D eigenvalue weighted by atomic mass is 10.2. The van der Waals surface area contributed by atoms with Crippen LogP contribution in [0.25, 0.3) is 0 Å². The van der Waals surface area contributed by atoms with E-state index < -0.39 is 0 Å². The van der Waals surface area contributed by atoms with Crippen molar-refractivity contribution in [1.82, 2.24) is 0 Å². The van der Waals surface area contributed by atoms with E-state index in [1.807, 2.05) is 6.07 Å². The molecule has 1 aromatic carbocycles. The van der Waals surface area contributed by atoms with Gasteiger partial charge in [0.2, 0.25) is 0 Å². The van der Waals surface area contributed by atoms with Crippen LogP contribution in [0.1, 0.15) is 11.3 Å². The molecule has 2 N–H and O–H groups in total. The molecule has 0 aliphatic heterocycles. The Balaban J connectivity index is 2.13. The van der Waals surface area contributed by atoms with Gasteiger partial charge in [-0.2, -0.15) is 0 Å². The van der Waals surface area contributed by atoms with Gasteiger partial charge in [-0.3, -0.25) is 0 Å². The van der Waals surface area contributed by atoms with E-state index in [9.17, 15) is 0 Å². The Morgan fingerprint density at radius 2 is 2.06 bits per heavy atom. The smallest absolute Gasteiger partial charge is 0.139 e. The van der Waals surface area contributed by atoms with Gasteiger partial charge in [0.25, 0.3) is 0 Å². The van der Waals surface area contributed by atoms with E-state index in [-0.39, 0.29) is 0 Å². The minimum absolute atomic E-state index is 0.334. The summed E-state index contributed by atoms with van der Waals surface area (Å²) in [4.78, 5) is 0. The number of rotatable bonds is 4. The number of hydrogen-bond donors (Lipinski definition) is 1. The number of hydrogen-bond acceptors (Lipinski definition) is 3. The molecule has 0 spiro atoms. The van der Waals surface area contributed by atoms with Crippen LogP contribution in [-0.2, 0) is 13.2 Å². The number of furan rings is 1. The molecule has 0 unspecified atom stereocenters. The number of halogens is 3. The maximum absolute atomic E-state index is 6.05. The molecule has 96 valence electrons. The normalized spacial score (nSPS) is 10.7. The summed E-state index contributed by atoms with van der Waals surface area (Å²) in [6.45, 7) is 0.668. The molecule has 3 nitrogen and oxygen atoms in total. The van der Waals surface area contributed by atoms with Crippen molar-refractivity contribution in [2.45, 2.75) is 13.2 Å². The molecular formula is C12H10BrCl2NO2. The minimum Gasteiger partial charge on any atom is -0.487 e. The van der Waals surface area contributed by atoms with Crippen molar-refractivity contribution in [2.75, 3.05) is 0 Å². The summed E-state index contributed by atoms with van der Waals surface area (Å²) < 4.78 is 11.5. The van der Waals surface area contributed by atoms with E-state index in [0.717, 1.165) is 10.0 Å². The predicted octanol–water partition coefficient (Wildman–Crippen LogP) is 4.39. The van der Waals surface area contributed by atoms with Crippen molar-refractivity contribution in [3.8, 4) is 5.75 Å². The van der Waals surface area contributed by atoms with Crippen LogP contribution < -0.4 is 10.5 Å². The first kappa shape index (κ1) is 13.7. The van der Waals surface area contributed by atoms with Crippen molar-refractivity contribution in [2.24, 2.45) is 5.73 Å². The fourth-order valence-electron chi connectivity index (χ4n) is 1.45. The highest BCUT2D eigenvalue weighted by Crippen LogP contribution is 2.34. The fourth-order valence-corrected chi connectivity index (χ4v) is 2.29. The zero-order valence-corrected chi connectivity index (χ0v) is 12.3. The Labute approximate surface area is 123 Å². The topological polar surface area (TPSA) is 48.4 Å². The van der Waals surface area contributed by atoms with Crippen LogP contribution in [0.2, 0.25) is 10.0 Å². The summed E-state index contributed by atoms with van der Waals surface area (Å²) in [6, 6.07) is 5.17. The third-order valence-corrected chi connectivity index (χ3v) is 3.87. The van der Waals surface area contributed by atoms with Gasteiger partial charge in [0.15, 0.2) is 0 Å². The van der Waals surface area contributed by atoms with Gasteiger partial charge < -0.3 is 14.9 Å². The average Bonchev–Trinajstić information content (AvgIpc) is 2.79. The number of ether oxygens (including phenoxy) is 1. The molecule has 0 radical (unpaired) electrons. The van der Waals surface area contributed by atoms with Gasteiger partial charge >= 0.3 is 0 Å². The molecule has 1 heterocycles. The lowest BCUT2D eigenvalue weighted by molar-refractivity contribution is 0.302. The van der Waals surface area contributed by atoms with Gasteiger partial charge in [0.1, 0.15) is 18.1 Å². The first-order valence-electron chi connectivity index (χ1n) is 5.14. The molecule has 1 aromatic heterocycles. The predicted molar refractivity (Wildman–Crippen MR) is 75.1 cm³/mol. The third-order valence-electron chi connectivity index (χ3n) is 2.38. The maximum Gasteiger partial charge on any atom is 0.139 e. The minimum atomic E-state index is 0.334. The van der Waals surface area contributed by atoms with Gasteiger partial charge in [0.05, 0.1) is 22.9 Å². The lowest BCUT2D eigenvalue weighted by Gasteiger charge is -2.09. The second kappa shape index (κ2) is 5.97. The first-order valence-corrected chi connectivity index (χ1v) is 6.69. The van der Waals surface area contributed by atoms with Crippen LogP contribution >= 0.6 is 39.1 Å². The molecule has 2 aromatic rings. The van der Waals surface area contributed by atoms with Crippen molar-refractivity contribution in [3.63, 3.8) is 0 Å². The van der Waals surface area contributed by atoms with Gasteiger partial charge in [-0.25, -0.2) is 0 Å². The standard InChI is InChI=1S/C12H10BrCl2NO2/c13-8-3-10(15)11(4-9(8)14)18-6-7-1-2-17-12(7)5-16/h1-4H,5-6,16H2. The van der Waals surface area contributed by atoms with Crippen molar-refractivity contribution >= 4 is 39.1 Å². The van der Waals surface area contributed by atoms with E-state index in [4.69, 9.17) is 38.1 Å². The molecule has 0 saturated carbocycles. The summed E-state index contributed by atoms with van der Waals surface area (Å²) in [5.41, 5.74) is 6.43. The fraction of sp³-hybridized carbons (Fsp3) is 0.167. The van der Waals surface area contributed by atoms with E-state index in [0.29, 0.717) is 34.7 Å². The van der Waals surface area contributed by atoms with Crippen molar-refractivity contribution in [3.05, 3.63) is 50.3 Å². The van der Waals surface area contributed by atoms with Crippen LogP contribution in [0.3, 0.4) is 0 Å². The van der Waals surface area contributed by atoms with Crippen molar-refractivity contribution < 1.29 is 9.15 Å². The van der Waals surface area contributed by atoms with Gasteiger partial charge in [-0.1, -0.05) is 23.2 Å². The highest BCUT2D eigenvalue weighted by Gasteiger charge is 2.09. The lowest BCUT2D eigenvalue weighted by Crippen LogP contribution is -2.02. The van der Waals surface area contributed by atoms with Crippen LogP contribution in [0.5, 0.6) is 5.75 Å². The quantitative estimate of drug-likeness (QED) is 0.832. The monoisotopic (exact) mass is 349 g/mol. The second-order valence-corrected chi connectivity index (χ2v) is 5.23. The van der Waals surface area contributed by atoms with Gasteiger partial charge in [0, 0.05) is 16.1 Å². The highest BCUT2D eigenvalue weighted by atomic mass is 79.9. The summed E-state index contributed by atoms with van der Waals surface area (Å²) in [6.07, 6.45) is 1.58. The Morgan fingerprint density at radius 1 is 1.28 bits per heavy atom. The molecule has 0 aliphatic carbocycles. The molecular weight excluding hydrogens is 341 g/mol. The Bertz CT molecular complexity index is 557. The average molecular weight is 351 g/mol. The summed E-state index contributed by atoms with van der Waals surface area (Å²) in [5, 5.41) is 1.03. The molecule has 2 rings (SSSR count). The molecule has 6 heteroatoms. The van der Waals surface area contributed by atoms with Crippen molar-refractivity contribution in [1.29, 1.82) is 0 Å². The van der Waals surface area contributed by atoms with Crippen LogP contribution in [0.4, 0.5) is 0 Å².